The zero-order valence-corrected chi connectivity index (χ0v) is 13.7. The summed E-state index contributed by atoms with van der Waals surface area (Å²) >= 11 is 0. The number of unbranched alkanes of at least 4 members (excludes halogenated alkanes) is 1. The lowest BCUT2D eigenvalue weighted by Gasteiger charge is -2.05. The Balaban J connectivity index is 1.73. The summed E-state index contributed by atoms with van der Waals surface area (Å²) in [4.78, 5) is 12.0. The Morgan fingerprint density at radius 2 is 1.79 bits per heavy atom. The number of benzene rings is 2. The van der Waals surface area contributed by atoms with E-state index in [1.54, 1.807) is 6.08 Å². The van der Waals surface area contributed by atoms with Gasteiger partial charge in [0.1, 0.15) is 11.5 Å². The summed E-state index contributed by atoms with van der Waals surface area (Å²) in [7, 11) is 0. The Kier molecular flexibility index (Phi) is 5.12. The van der Waals surface area contributed by atoms with Crippen LogP contribution in [0.2, 0.25) is 0 Å². The summed E-state index contributed by atoms with van der Waals surface area (Å²) in [6, 6.07) is 17.3. The topological polar surface area (TPSA) is 35.5 Å². The summed E-state index contributed by atoms with van der Waals surface area (Å²) in [5.41, 5.74) is 2.39. The monoisotopic (exact) mass is 320 g/mol. The zero-order valence-electron chi connectivity index (χ0n) is 13.7. The normalized spacial score (nSPS) is 15.3. The minimum Gasteiger partial charge on any atom is -0.494 e. The van der Waals surface area contributed by atoms with E-state index in [0.717, 1.165) is 36.3 Å². The Morgan fingerprint density at radius 3 is 2.50 bits per heavy atom. The Bertz CT molecular complexity index is 755. The molecular formula is C21H20O3. The summed E-state index contributed by atoms with van der Waals surface area (Å²) in [6.07, 6.45) is 5.77. The summed E-state index contributed by atoms with van der Waals surface area (Å²) in [6.45, 7) is 2.86. The maximum atomic E-state index is 12.0. The van der Waals surface area contributed by atoms with E-state index in [-0.39, 0.29) is 5.97 Å². The van der Waals surface area contributed by atoms with Gasteiger partial charge in [-0.25, -0.2) is 4.79 Å². The second-order valence-corrected chi connectivity index (χ2v) is 5.63. The lowest BCUT2D eigenvalue weighted by atomic mass is 10.1. The van der Waals surface area contributed by atoms with Gasteiger partial charge in [-0.2, -0.15) is 0 Å². The lowest BCUT2D eigenvalue weighted by Crippen LogP contribution is -1.97. The molecule has 0 saturated heterocycles. The van der Waals surface area contributed by atoms with Crippen molar-refractivity contribution in [3.63, 3.8) is 0 Å². The first-order valence-corrected chi connectivity index (χ1v) is 8.20. The molecule has 0 aliphatic carbocycles. The highest BCUT2D eigenvalue weighted by Gasteiger charge is 2.21. The van der Waals surface area contributed by atoms with Crippen LogP contribution in [-0.4, -0.2) is 12.6 Å². The second-order valence-electron chi connectivity index (χ2n) is 5.63. The van der Waals surface area contributed by atoms with Gasteiger partial charge in [0.05, 0.1) is 12.2 Å². The fourth-order valence-electron chi connectivity index (χ4n) is 2.41. The third-order valence-electron chi connectivity index (χ3n) is 3.75. The van der Waals surface area contributed by atoms with Gasteiger partial charge in [-0.15, -0.1) is 0 Å². The van der Waals surface area contributed by atoms with E-state index in [1.807, 2.05) is 60.7 Å². The molecular weight excluding hydrogens is 300 g/mol. The summed E-state index contributed by atoms with van der Waals surface area (Å²) in [5, 5.41) is 0. The molecule has 0 amide bonds. The first-order chi connectivity index (χ1) is 11.8. The molecule has 0 spiro atoms. The van der Waals surface area contributed by atoms with Gasteiger partial charge < -0.3 is 9.47 Å². The van der Waals surface area contributed by atoms with Crippen LogP contribution < -0.4 is 4.74 Å². The van der Waals surface area contributed by atoms with Gasteiger partial charge in [0, 0.05) is 5.56 Å². The number of carbonyl (C=O) groups excluding carboxylic acids is 1. The SMILES string of the molecule is CCCCOc1ccc(/C=C2/C=C(c3ccccc3)OC2=O)cc1. The molecule has 2 aromatic carbocycles. The van der Waals surface area contributed by atoms with Crippen molar-refractivity contribution in [3.8, 4) is 5.75 Å². The average Bonchev–Trinajstić information content (AvgIpc) is 2.98. The van der Waals surface area contributed by atoms with Crippen molar-refractivity contribution in [3.05, 3.63) is 77.4 Å². The molecule has 3 nitrogen and oxygen atoms in total. The van der Waals surface area contributed by atoms with E-state index in [2.05, 4.69) is 6.92 Å². The van der Waals surface area contributed by atoms with Crippen LogP contribution in [0.5, 0.6) is 5.75 Å². The molecule has 1 aliphatic rings. The number of rotatable bonds is 6. The van der Waals surface area contributed by atoms with Crippen molar-refractivity contribution in [2.75, 3.05) is 6.61 Å². The van der Waals surface area contributed by atoms with E-state index in [0.29, 0.717) is 11.3 Å². The van der Waals surface area contributed by atoms with Crippen LogP contribution in [0.1, 0.15) is 30.9 Å². The summed E-state index contributed by atoms with van der Waals surface area (Å²) < 4.78 is 11.0. The molecule has 2 aromatic rings. The van der Waals surface area contributed by atoms with Crippen LogP contribution in [0.4, 0.5) is 0 Å². The Labute approximate surface area is 142 Å². The van der Waals surface area contributed by atoms with Crippen LogP contribution in [0, 0.1) is 0 Å². The van der Waals surface area contributed by atoms with Crippen molar-refractivity contribution < 1.29 is 14.3 Å². The molecule has 3 rings (SSSR count). The zero-order chi connectivity index (χ0) is 16.8. The Morgan fingerprint density at radius 1 is 1.04 bits per heavy atom. The van der Waals surface area contributed by atoms with E-state index in [1.165, 1.54) is 0 Å². The molecule has 0 radical (unpaired) electrons. The van der Waals surface area contributed by atoms with Gasteiger partial charge in [-0.3, -0.25) is 0 Å². The molecule has 1 aliphatic heterocycles. The van der Waals surface area contributed by atoms with E-state index < -0.39 is 0 Å². The molecule has 0 aromatic heterocycles. The quantitative estimate of drug-likeness (QED) is 0.434. The van der Waals surface area contributed by atoms with Crippen molar-refractivity contribution in [1.29, 1.82) is 0 Å². The van der Waals surface area contributed by atoms with Crippen molar-refractivity contribution in [1.82, 2.24) is 0 Å². The number of hydrogen-bond acceptors (Lipinski definition) is 3. The van der Waals surface area contributed by atoms with E-state index >= 15 is 0 Å². The summed E-state index contributed by atoms with van der Waals surface area (Å²) in [5.74, 6) is 1.11. The van der Waals surface area contributed by atoms with Crippen molar-refractivity contribution in [2.24, 2.45) is 0 Å². The van der Waals surface area contributed by atoms with Crippen LogP contribution >= 0.6 is 0 Å². The van der Waals surface area contributed by atoms with Gasteiger partial charge in [0.2, 0.25) is 0 Å². The second kappa shape index (κ2) is 7.64. The maximum Gasteiger partial charge on any atom is 0.343 e. The number of hydrogen-bond donors (Lipinski definition) is 0. The molecule has 0 atom stereocenters. The molecule has 0 N–H and O–H groups in total. The largest absolute Gasteiger partial charge is 0.494 e. The number of ether oxygens (including phenoxy) is 2. The fraction of sp³-hybridized carbons (Fsp3) is 0.190. The first-order valence-electron chi connectivity index (χ1n) is 8.20. The molecule has 1 heterocycles. The molecule has 0 unspecified atom stereocenters. The predicted octanol–water partition coefficient (Wildman–Crippen LogP) is 4.85. The molecule has 122 valence electrons. The highest BCUT2D eigenvalue weighted by molar-refractivity contribution is 6.05. The van der Waals surface area contributed by atoms with Crippen LogP contribution in [-0.2, 0) is 9.53 Å². The molecule has 0 bridgehead atoms. The van der Waals surface area contributed by atoms with E-state index in [4.69, 9.17) is 9.47 Å². The van der Waals surface area contributed by atoms with Gasteiger partial charge in [0.15, 0.2) is 0 Å². The maximum absolute atomic E-state index is 12.0. The number of esters is 1. The smallest absolute Gasteiger partial charge is 0.343 e. The lowest BCUT2D eigenvalue weighted by molar-refractivity contribution is -0.130. The fourth-order valence-corrected chi connectivity index (χ4v) is 2.41. The number of cyclic esters (lactones) is 1. The minimum absolute atomic E-state index is 0.322. The molecule has 24 heavy (non-hydrogen) atoms. The number of carbonyl (C=O) groups is 1. The van der Waals surface area contributed by atoms with Crippen molar-refractivity contribution in [2.45, 2.75) is 19.8 Å². The third kappa shape index (κ3) is 3.93. The highest BCUT2D eigenvalue weighted by atomic mass is 16.5. The van der Waals surface area contributed by atoms with Crippen LogP contribution in [0.25, 0.3) is 11.8 Å². The first kappa shape index (κ1) is 16.1. The third-order valence-corrected chi connectivity index (χ3v) is 3.75. The highest BCUT2D eigenvalue weighted by Crippen LogP contribution is 2.27. The van der Waals surface area contributed by atoms with Crippen LogP contribution in [0.15, 0.2) is 66.2 Å². The standard InChI is InChI=1S/C21H20O3/c1-2-3-13-23-19-11-9-16(10-12-19)14-18-15-20(24-21(18)22)17-7-5-4-6-8-17/h4-12,14-15H,2-3,13H2,1H3/b18-14-. The molecule has 0 saturated carbocycles. The van der Waals surface area contributed by atoms with Gasteiger partial charge in [0.25, 0.3) is 0 Å². The van der Waals surface area contributed by atoms with Gasteiger partial charge >= 0.3 is 5.97 Å². The Hall–Kier alpha value is -2.81. The van der Waals surface area contributed by atoms with Crippen molar-refractivity contribution >= 4 is 17.8 Å². The van der Waals surface area contributed by atoms with Gasteiger partial charge in [-0.1, -0.05) is 55.8 Å². The molecule has 3 heteroatoms. The van der Waals surface area contributed by atoms with Gasteiger partial charge in [-0.05, 0) is 36.3 Å². The molecule has 0 fully saturated rings. The minimum atomic E-state index is -0.322. The van der Waals surface area contributed by atoms with Crippen LogP contribution in [0.3, 0.4) is 0 Å². The predicted molar refractivity (Wildman–Crippen MR) is 95.3 cm³/mol. The van der Waals surface area contributed by atoms with E-state index in [9.17, 15) is 4.79 Å². The average molecular weight is 320 g/mol.